The summed E-state index contributed by atoms with van der Waals surface area (Å²) in [5.41, 5.74) is 5.75. The second kappa shape index (κ2) is 7.10. The van der Waals surface area contributed by atoms with Crippen LogP contribution >= 0.6 is 0 Å². The number of carboxylic acids is 1. The molecule has 1 unspecified atom stereocenters. The van der Waals surface area contributed by atoms with Gasteiger partial charge in [-0.2, -0.15) is 0 Å². The van der Waals surface area contributed by atoms with Crippen molar-refractivity contribution in [1.82, 2.24) is 0 Å². The Hall–Kier alpha value is -0.570. The van der Waals surface area contributed by atoms with Crippen LogP contribution in [0.3, 0.4) is 0 Å². The molecule has 0 amide bonds. The summed E-state index contributed by atoms with van der Waals surface area (Å²) in [6.45, 7) is 2.13. The van der Waals surface area contributed by atoms with Gasteiger partial charge >= 0.3 is 5.97 Å². The fraction of sp³-hybridized carbons (Fsp3) is 0.889. The Labute approximate surface area is 74.0 Å². The first-order valence-corrected chi connectivity index (χ1v) is 4.64. The molecule has 3 nitrogen and oxygen atoms in total. The van der Waals surface area contributed by atoms with Crippen LogP contribution in [0.2, 0.25) is 0 Å². The lowest BCUT2D eigenvalue weighted by Crippen LogP contribution is -2.19. The first kappa shape index (κ1) is 11.4. The van der Waals surface area contributed by atoms with Crippen LogP contribution in [0.25, 0.3) is 0 Å². The van der Waals surface area contributed by atoms with Crippen LogP contribution < -0.4 is 5.73 Å². The summed E-state index contributed by atoms with van der Waals surface area (Å²) in [5.74, 6) is -0.724. The van der Waals surface area contributed by atoms with Crippen molar-refractivity contribution in [3.63, 3.8) is 0 Å². The standard InChI is InChI=1S/C9H19NO2/c1-2-3-5-8(10)6-4-7-9(11)12/h8H,2-7,10H2,1H3,(H,11,12). The van der Waals surface area contributed by atoms with Gasteiger partial charge in [-0.1, -0.05) is 19.8 Å². The van der Waals surface area contributed by atoms with Crippen LogP contribution in [0.5, 0.6) is 0 Å². The van der Waals surface area contributed by atoms with Crippen molar-refractivity contribution in [2.24, 2.45) is 5.73 Å². The smallest absolute Gasteiger partial charge is 0.303 e. The maximum atomic E-state index is 10.2. The Morgan fingerprint density at radius 3 is 2.50 bits per heavy atom. The lowest BCUT2D eigenvalue weighted by Gasteiger charge is -2.08. The number of hydrogen-bond acceptors (Lipinski definition) is 2. The molecule has 0 saturated heterocycles. The minimum atomic E-state index is -0.724. The highest BCUT2D eigenvalue weighted by molar-refractivity contribution is 5.66. The average Bonchev–Trinajstić information content (AvgIpc) is 2.00. The number of carboxylic acid groups (broad SMARTS) is 1. The summed E-state index contributed by atoms with van der Waals surface area (Å²) in [5, 5.41) is 8.36. The van der Waals surface area contributed by atoms with E-state index in [2.05, 4.69) is 6.92 Å². The molecule has 0 aliphatic carbocycles. The zero-order valence-corrected chi connectivity index (χ0v) is 7.75. The first-order valence-electron chi connectivity index (χ1n) is 4.64. The van der Waals surface area contributed by atoms with E-state index in [4.69, 9.17) is 10.8 Å². The molecule has 0 heterocycles. The lowest BCUT2D eigenvalue weighted by atomic mass is 10.0. The molecule has 0 rings (SSSR count). The summed E-state index contributed by atoms with van der Waals surface area (Å²) in [6, 6.07) is 0.198. The minimum Gasteiger partial charge on any atom is -0.481 e. The van der Waals surface area contributed by atoms with Crippen LogP contribution in [0, 0.1) is 0 Å². The van der Waals surface area contributed by atoms with Gasteiger partial charge in [-0.3, -0.25) is 4.79 Å². The molecule has 0 aromatic carbocycles. The summed E-state index contributed by atoms with van der Waals surface area (Å²) >= 11 is 0. The number of hydrogen-bond donors (Lipinski definition) is 2. The minimum absolute atomic E-state index is 0.198. The predicted octanol–water partition coefficient (Wildman–Crippen LogP) is 1.76. The van der Waals surface area contributed by atoms with Gasteiger partial charge in [-0.05, 0) is 19.3 Å². The molecule has 0 aromatic heterocycles. The van der Waals surface area contributed by atoms with E-state index in [0.717, 1.165) is 25.7 Å². The topological polar surface area (TPSA) is 63.3 Å². The maximum absolute atomic E-state index is 10.2. The average molecular weight is 173 g/mol. The van der Waals surface area contributed by atoms with Crippen LogP contribution in [0.4, 0.5) is 0 Å². The van der Waals surface area contributed by atoms with Gasteiger partial charge < -0.3 is 10.8 Å². The van der Waals surface area contributed by atoms with Crippen molar-refractivity contribution >= 4 is 5.97 Å². The Morgan fingerprint density at radius 1 is 1.42 bits per heavy atom. The van der Waals surface area contributed by atoms with Gasteiger partial charge in [0.1, 0.15) is 0 Å². The van der Waals surface area contributed by atoms with Gasteiger partial charge in [0.05, 0.1) is 0 Å². The fourth-order valence-corrected chi connectivity index (χ4v) is 1.13. The second-order valence-electron chi connectivity index (χ2n) is 3.19. The molecule has 0 aliphatic heterocycles. The lowest BCUT2D eigenvalue weighted by molar-refractivity contribution is -0.137. The van der Waals surface area contributed by atoms with E-state index in [-0.39, 0.29) is 12.5 Å². The molecule has 0 aromatic rings. The molecular weight excluding hydrogens is 154 g/mol. The van der Waals surface area contributed by atoms with E-state index < -0.39 is 5.97 Å². The van der Waals surface area contributed by atoms with Crippen LogP contribution in [0.1, 0.15) is 45.4 Å². The molecule has 0 fully saturated rings. The van der Waals surface area contributed by atoms with Crippen molar-refractivity contribution in [2.75, 3.05) is 0 Å². The summed E-state index contributed by atoms with van der Waals surface area (Å²) < 4.78 is 0. The van der Waals surface area contributed by atoms with Gasteiger partial charge in [-0.15, -0.1) is 0 Å². The third-order valence-electron chi connectivity index (χ3n) is 1.89. The van der Waals surface area contributed by atoms with Crippen molar-refractivity contribution in [3.8, 4) is 0 Å². The van der Waals surface area contributed by atoms with Gasteiger partial charge in [-0.25, -0.2) is 0 Å². The van der Waals surface area contributed by atoms with Gasteiger partial charge in [0, 0.05) is 12.5 Å². The third-order valence-corrected chi connectivity index (χ3v) is 1.89. The second-order valence-corrected chi connectivity index (χ2v) is 3.19. The van der Waals surface area contributed by atoms with Crippen LogP contribution in [0.15, 0.2) is 0 Å². The normalized spacial score (nSPS) is 12.8. The van der Waals surface area contributed by atoms with Crippen molar-refractivity contribution in [1.29, 1.82) is 0 Å². The predicted molar refractivity (Wildman–Crippen MR) is 49.0 cm³/mol. The van der Waals surface area contributed by atoms with E-state index >= 15 is 0 Å². The van der Waals surface area contributed by atoms with Gasteiger partial charge in [0.25, 0.3) is 0 Å². The highest BCUT2D eigenvalue weighted by Gasteiger charge is 2.03. The molecular formula is C9H19NO2. The third kappa shape index (κ3) is 7.54. The number of aliphatic carboxylic acids is 1. The molecule has 72 valence electrons. The van der Waals surface area contributed by atoms with Crippen LogP contribution in [-0.2, 0) is 4.79 Å². The summed E-state index contributed by atoms with van der Waals surface area (Å²) in [7, 11) is 0. The largest absolute Gasteiger partial charge is 0.481 e. The van der Waals surface area contributed by atoms with Gasteiger partial charge in [0.15, 0.2) is 0 Å². The monoisotopic (exact) mass is 173 g/mol. The van der Waals surface area contributed by atoms with Crippen LogP contribution in [-0.4, -0.2) is 17.1 Å². The number of rotatable bonds is 7. The number of carbonyl (C=O) groups is 1. The number of unbranched alkanes of at least 4 members (excludes halogenated alkanes) is 1. The Kier molecular flexibility index (Phi) is 6.76. The highest BCUT2D eigenvalue weighted by Crippen LogP contribution is 2.05. The molecule has 1 atom stereocenters. The van der Waals surface area contributed by atoms with Gasteiger partial charge in [0.2, 0.25) is 0 Å². The quantitative estimate of drug-likeness (QED) is 0.616. The van der Waals surface area contributed by atoms with E-state index in [1.807, 2.05) is 0 Å². The Balaban J connectivity index is 3.19. The Bertz CT molecular complexity index is 126. The van der Waals surface area contributed by atoms with E-state index in [1.54, 1.807) is 0 Å². The van der Waals surface area contributed by atoms with E-state index in [0.29, 0.717) is 6.42 Å². The van der Waals surface area contributed by atoms with Crippen molar-refractivity contribution in [2.45, 2.75) is 51.5 Å². The van der Waals surface area contributed by atoms with Crippen molar-refractivity contribution in [3.05, 3.63) is 0 Å². The zero-order chi connectivity index (χ0) is 9.40. The highest BCUT2D eigenvalue weighted by atomic mass is 16.4. The van der Waals surface area contributed by atoms with E-state index in [9.17, 15) is 4.79 Å². The molecule has 3 N–H and O–H groups in total. The fourth-order valence-electron chi connectivity index (χ4n) is 1.13. The van der Waals surface area contributed by atoms with Crippen molar-refractivity contribution < 1.29 is 9.90 Å². The SMILES string of the molecule is CCCCC(N)CCCC(=O)O. The van der Waals surface area contributed by atoms with E-state index in [1.165, 1.54) is 0 Å². The maximum Gasteiger partial charge on any atom is 0.303 e. The summed E-state index contributed by atoms with van der Waals surface area (Å²) in [6.07, 6.45) is 5.13. The molecule has 0 bridgehead atoms. The Morgan fingerprint density at radius 2 is 2.00 bits per heavy atom. The number of nitrogens with two attached hydrogens (primary N) is 1. The summed E-state index contributed by atoms with van der Waals surface area (Å²) in [4.78, 5) is 10.2. The molecule has 3 heteroatoms. The molecule has 0 radical (unpaired) electrons. The zero-order valence-electron chi connectivity index (χ0n) is 7.75. The first-order chi connectivity index (χ1) is 5.66. The molecule has 0 spiro atoms. The molecule has 0 aliphatic rings. The molecule has 0 saturated carbocycles. The molecule has 12 heavy (non-hydrogen) atoms.